The van der Waals surface area contributed by atoms with Gasteiger partial charge in [0.1, 0.15) is 5.75 Å². The molecule has 1 aromatic carbocycles. The van der Waals surface area contributed by atoms with Gasteiger partial charge < -0.3 is 10.5 Å². The molecule has 1 aliphatic rings. The number of nitrogens with zero attached hydrogens (tertiary/aromatic N) is 1. The number of benzene rings is 1. The molecule has 0 heterocycles. The average molecular weight is 248 g/mol. The van der Waals surface area contributed by atoms with E-state index in [1.165, 1.54) is 24.8 Å². The molecule has 1 unspecified atom stereocenters. The lowest BCUT2D eigenvalue weighted by atomic mass is 9.89. The predicted octanol–water partition coefficient (Wildman–Crippen LogP) is 2.57. The quantitative estimate of drug-likeness (QED) is 0.841. The van der Waals surface area contributed by atoms with Gasteiger partial charge in [-0.1, -0.05) is 24.6 Å². The fourth-order valence-corrected chi connectivity index (χ4v) is 2.60. The zero-order chi connectivity index (χ0) is 13.0. The number of rotatable bonds is 6. The van der Waals surface area contributed by atoms with Crippen LogP contribution < -0.4 is 10.5 Å². The van der Waals surface area contributed by atoms with Crippen molar-refractivity contribution in [3.63, 3.8) is 0 Å². The summed E-state index contributed by atoms with van der Waals surface area (Å²) >= 11 is 0. The minimum absolute atomic E-state index is 0.262. The molecular formula is C15H24N2O. The minimum Gasteiger partial charge on any atom is -0.494 e. The minimum atomic E-state index is 0.262. The maximum absolute atomic E-state index is 5.99. The fourth-order valence-electron chi connectivity index (χ4n) is 2.60. The number of para-hydroxylation sites is 1. The Morgan fingerprint density at radius 2 is 2.11 bits per heavy atom. The van der Waals surface area contributed by atoms with Crippen molar-refractivity contribution < 1.29 is 4.74 Å². The highest BCUT2D eigenvalue weighted by molar-refractivity contribution is 5.36. The molecule has 3 heteroatoms. The molecule has 1 fully saturated rings. The second-order valence-electron chi connectivity index (χ2n) is 4.97. The maximum Gasteiger partial charge on any atom is 0.124 e. The van der Waals surface area contributed by atoms with E-state index in [0.29, 0.717) is 19.2 Å². The Morgan fingerprint density at radius 3 is 2.67 bits per heavy atom. The third-order valence-electron chi connectivity index (χ3n) is 3.94. The smallest absolute Gasteiger partial charge is 0.124 e. The van der Waals surface area contributed by atoms with Crippen LogP contribution in [0.1, 0.15) is 37.8 Å². The van der Waals surface area contributed by atoms with Crippen LogP contribution in [0.15, 0.2) is 24.3 Å². The molecule has 2 rings (SSSR count). The summed E-state index contributed by atoms with van der Waals surface area (Å²) in [4.78, 5) is 2.42. The van der Waals surface area contributed by atoms with Gasteiger partial charge in [-0.25, -0.2) is 0 Å². The van der Waals surface area contributed by atoms with Gasteiger partial charge in [-0.05, 0) is 32.9 Å². The van der Waals surface area contributed by atoms with E-state index in [9.17, 15) is 0 Å². The molecule has 0 amide bonds. The van der Waals surface area contributed by atoms with E-state index in [4.69, 9.17) is 10.5 Å². The van der Waals surface area contributed by atoms with Crippen molar-refractivity contribution in [2.75, 3.05) is 20.2 Å². The van der Waals surface area contributed by atoms with E-state index in [1.54, 1.807) is 0 Å². The van der Waals surface area contributed by atoms with E-state index >= 15 is 0 Å². The summed E-state index contributed by atoms with van der Waals surface area (Å²) in [6.45, 7) is 3.35. The van der Waals surface area contributed by atoms with Crippen LogP contribution >= 0.6 is 0 Å². The predicted molar refractivity (Wildman–Crippen MR) is 74.8 cm³/mol. The summed E-state index contributed by atoms with van der Waals surface area (Å²) in [6, 6.07) is 9.21. The van der Waals surface area contributed by atoms with Crippen LogP contribution in [-0.2, 0) is 0 Å². The zero-order valence-corrected chi connectivity index (χ0v) is 11.4. The van der Waals surface area contributed by atoms with Gasteiger partial charge >= 0.3 is 0 Å². The van der Waals surface area contributed by atoms with Gasteiger partial charge in [-0.15, -0.1) is 0 Å². The van der Waals surface area contributed by atoms with Gasteiger partial charge in [0.25, 0.3) is 0 Å². The Morgan fingerprint density at radius 1 is 1.39 bits per heavy atom. The molecule has 0 spiro atoms. The van der Waals surface area contributed by atoms with Gasteiger partial charge in [0.05, 0.1) is 12.6 Å². The highest BCUT2D eigenvalue weighted by atomic mass is 16.5. The maximum atomic E-state index is 5.99. The normalized spacial score (nSPS) is 17.6. The Bertz CT molecular complexity index is 377. The molecule has 0 aromatic heterocycles. The Labute approximate surface area is 110 Å². The first-order chi connectivity index (χ1) is 8.77. The first kappa shape index (κ1) is 13.4. The molecule has 1 aliphatic carbocycles. The van der Waals surface area contributed by atoms with Crippen LogP contribution in [0, 0.1) is 0 Å². The first-order valence-corrected chi connectivity index (χ1v) is 6.91. The summed E-state index contributed by atoms with van der Waals surface area (Å²) in [6.07, 6.45) is 3.94. The van der Waals surface area contributed by atoms with Gasteiger partial charge in [-0.3, -0.25) is 4.90 Å². The van der Waals surface area contributed by atoms with Crippen molar-refractivity contribution in [1.29, 1.82) is 0 Å². The van der Waals surface area contributed by atoms with Crippen LogP contribution in [0.5, 0.6) is 5.75 Å². The van der Waals surface area contributed by atoms with Crippen LogP contribution in [0.4, 0.5) is 0 Å². The van der Waals surface area contributed by atoms with E-state index in [2.05, 4.69) is 24.1 Å². The molecular weight excluding hydrogens is 224 g/mol. The lowest BCUT2D eigenvalue weighted by Gasteiger charge is -2.40. The highest BCUT2D eigenvalue weighted by Gasteiger charge is 2.29. The lowest BCUT2D eigenvalue weighted by Crippen LogP contribution is -2.42. The highest BCUT2D eigenvalue weighted by Crippen LogP contribution is 2.34. The van der Waals surface area contributed by atoms with E-state index in [-0.39, 0.29) is 6.04 Å². The van der Waals surface area contributed by atoms with Crippen LogP contribution in [0.25, 0.3) is 0 Å². The number of hydrogen-bond donors (Lipinski definition) is 1. The second-order valence-corrected chi connectivity index (χ2v) is 4.97. The molecule has 0 saturated heterocycles. The largest absolute Gasteiger partial charge is 0.494 e. The van der Waals surface area contributed by atoms with Crippen molar-refractivity contribution >= 4 is 0 Å². The summed E-state index contributed by atoms with van der Waals surface area (Å²) in [7, 11) is 2.18. The molecule has 3 nitrogen and oxygen atoms in total. The number of ether oxygens (including phenoxy) is 1. The monoisotopic (exact) mass is 248 g/mol. The van der Waals surface area contributed by atoms with Crippen LogP contribution in [0.2, 0.25) is 0 Å². The van der Waals surface area contributed by atoms with Crippen LogP contribution in [-0.4, -0.2) is 31.1 Å². The van der Waals surface area contributed by atoms with Gasteiger partial charge in [-0.2, -0.15) is 0 Å². The fraction of sp³-hybridized carbons (Fsp3) is 0.600. The zero-order valence-electron chi connectivity index (χ0n) is 11.4. The summed E-state index contributed by atoms with van der Waals surface area (Å²) < 4.78 is 5.72. The first-order valence-electron chi connectivity index (χ1n) is 6.91. The van der Waals surface area contributed by atoms with Crippen molar-refractivity contribution in [1.82, 2.24) is 4.90 Å². The van der Waals surface area contributed by atoms with Crippen molar-refractivity contribution in [3.8, 4) is 5.75 Å². The topological polar surface area (TPSA) is 38.5 Å². The third-order valence-corrected chi connectivity index (χ3v) is 3.94. The van der Waals surface area contributed by atoms with E-state index < -0.39 is 0 Å². The molecule has 0 bridgehead atoms. The van der Waals surface area contributed by atoms with Crippen molar-refractivity contribution in [3.05, 3.63) is 29.8 Å². The lowest BCUT2D eigenvalue weighted by molar-refractivity contribution is 0.111. The average Bonchev–Trinajstić information content (AvgIpc) is 2.30. The Kier molecular flexibility index (Phi) is 4.61. The van der Waals surface area contributed by atoms with Gasteiger partial charge in [0, 0.05) is 18.2 Å². The summed E-state index contributed by atoms with van der Waals surface area (Å²) in [5.41, 5.74) is 7.21. The summed E-state index contributed by atoms with van der Waals surface area (Å²) in [5, 5.41) is 0. The molecule has 1 saturated carbocycles. The van der Waals surface area contributed by atoms with Crippen LogP contribution in [0.3, 0.4) is 0 Å². The second kappa shape index (κ2) is 6.21. The molecule has 1 aromatic rings. The molecule has 2 N–H and O–H groups in total. The molecule has 18 heavy (non-hydrogen) atoms. The third kappa shape index (κ3) is 2.68. The van der Waals surface area contributed by atoms with E-state index in [0.717, 1.165) is 5.75 Å². The van der Waals surface area contributed by atoms with Gasteiger partial charge in [0.15, 0.2) is 0 Å². The Hall–Kier alpha value is -1.06. The molecule has 1 atom stereocenters. The SMILES string of the molecule is CCOc1ccccc1C(CN)N(C)C1CCC1. The Balaban J connectivity index is 2.20. The van der Waals surface area contributed by atoms with Crippen molar-refractivity contribution in [2.45, 2.75) is 38.3 Å². The van der Waals surface area contributed by atoms with Crippen molar-refractivity contribution in [2.24, 2.45) is 5.73 Å². The van der Waals surface area contributed by atoms with E-state index in [1.807, 2.05) is 19.1 Å². The number of nitrogens with two attached hydrogens (primary N) is 1. The number of hydrogen-bond acceptors (Lipinski definition) is 3. The molecule has 0 aliphatic heterocycles. The standard InChI is InChI=1S/C15H24N2O/c1-3-18-15-10-5-4-9-13(15)14(11-16)17(2)12-7-6-8-12/h4-5,9-10,12,14H,3,6-8,11,16H2,1-2H3. The number of likely N-dealkylation sites (N-methyl/N-ethyl adjacent to an activating group) is 1. The molecule has 100 valence electrons. The molecule has 0 radical (unpaired) electrons. The van der Waals surface area contributed by atoms with Gasteiger partial charge in [0.2, 0.25) is 0 Å². The summed E-state index contributed by atoms with van der Waals surface area (Å²) in [5.74, 6) is 0.974.